The van der Waals surface area contributed by atoms with Gasteiger partial charge in [0.1, 0.15) is 23.9 Å². The number of hydrogen-bond donors (Lipinski definition) is 2. The molecule has 2 aromatic rings. The van der Waals surface area contributed by atoms with Gasteiger partial charge in [-0.15, -0.1) is 0 Å². The van der Waals surface area contributed by atoms with Gasteiger partial charge in [0.15, 0.2) is 0 Å². The minimum atomic E-state index is -0.134. The van der Waals surface area contributed by atoms with Crippen LogP contribution in [0.25, 0.3) is 0 Å². The molecule has 2 aromatic carbocycles. The molecule has 0 aliphatic rings. The Morgan fingerprint density at radius 1 is 1.04 bits per heavy atom. The smallest absolute Gasteiger partial charge is 0.239 e. The fourth-order valence-electron chi connectivity index (χ4n) is 2.05. The Kier molecular flexibility index (Phi) is 7.22. The molecule has 6 nitrogen and oxygen atoms in total. The Morgan fingerprint density at radius 2 is 1.76 bits per heavy atom. The van der Waals surface area contributed by atoms with Crippen LogP contribution in [0.5, 0.6) is 17.2 Å². The summed E-state index contributed by atoms with van der Waals surface area (Å²) in [5.74, 6) is 1.95. The van der Waals surface area contributed by atoms with Gasteiger partial charge in [0.2, 0.25) is 5.91 Å². The molecule has 25 heavy (non-hydrogen) atoms. The third-order valence-electron chi connectivity index (χ3n) is 3.36. The standard InChI is InChI=1S/C18H21ClN2O4/c1-23-14-4-6-15(7-5-14)25-10-9-20-18(22)12-21-13-3-8-17(24-2)16(19)11-13/h3-8,11,21H,9-10,12H2,1-2H3,(H,20,22). The highest BCUT2D eigenvalue weighted by molar-refractivity contribution is 6.32. The van der Waals surface area contributed by atoms with Crippen LogP contribution in [0.3, 0.4) is 0 Å². The number of amides is 1. The minimum Gasteiger partial charge on any atom is -0.497 e. The summed E-state index contributed by atoms with van der Waals surface area (Å²) in [6, 6.07) is 12.5. The second-order valence-corrected chi connectivity index (χ2v) is 5.48. The van der Waals surface area contributed by atoms with Gasteiger partial charge in [0, 0.05) is 5.69 Å². The number of hydrogen-bond acceptors (Lipinski definition) is 5. The number of carbonyl (C=O) groups excluding carboxylic acids is 1. The van der Waals surface area contributed by atoms with Crippen LogP contribution >= 0.6 is 11.6 Å². The highest BCUT2D eigenvalue weighted by Crippen LogP contribution is 2.26. The van der Waals surface area contributed by atoms with E-state index in [-0.39, 0.29) is 12.5 Å². The third-order valence-corrected chi connectivity index (χ3v) is 3.65. The molecule has 134 valence electrons. The van der Waals surface area contributed by atoms with Crippen LogP contribution in [0.1, 0.15) is 0 Å². The number of methoxy groups -OCH3 is 2. The van der Waals surface area contributed by atoms with Crippen LogP contribution in [0.4, 0.5) is 5.69 Å². The van der Waals surface area contributed by atoms with E-state index in [9.17, 15) is 4.79 Å². The molecule has 0 atom stereocenters. The summed E-state index contributed by atoms with van der Waals surface area (Å²) in [6.07, 6.45) is 0. The number of nitrogens with one attached hydrogen (secondary N) is 2. The largest absolute Gasteiger partial charge is 0.497 e. The summed E-state index contributed by atoms with van der Waals surface area (Å²) in [6.45, 7) is 0.938. The fraction of sp³-hybridized carbons (Fsp3) is 0.278. The molecule has 1 amide bonds. The molecule has 2 N–H and O–H groups in total. The summed E-state index contributed by atoms with van der Waals surface area (Å²) in [7, 11) is 3.16. The van der Waals surface area contributed by atoms with E-state index < -0.39 is 0 Å². The molecule has 0 aromatic heterocycles. The number of ether oxygens (including phenoxy) is 3. The highest BCUT2D eigenvalue weighted by Gasteiger charge is 2.04. The summed E-state index contributed by atoms with van der Waals surface area (Å²) < 4.78 is 15.7. The van der Waals surface area contributed by atoms with Crippen molar-refractivity contribution in [3.8, 4) is 17.2 Å². The van der Waals surface area contributed by atoms with Crippen LogP contribution in [0.15, 0.2) is 42.5 Å². The van der Waals surface area contributed by atoms with Crippen molar-refractivity contribution < 1.29 is 19.0 Å². The van der Waals surface area contributed by atoms with Crippen LogP contribution in [0.2, 0.25) is 5.02 Å². The lowest BCUT2D eigenvalue weighted by Crippen LogP contribution is -2.33. The lowest BCUT2D eigenvalue weighted by atomic mass is 10.3. The van der Waals surface area contributed by atoms with E-state index in [4.69, 9.17) is 25.8 Å². The highest BCUT2D eigenvalue weighted by atomic mass is 35.5. The lowest BCUT2D eigenvalue weighted by molar-refractivity contribution is -0.119. The summed E-state index contributed by atoms with van der Waals surface area (Å²) in [5, 5.41) is 6.26. The maximum atomic E-state index is 11.8. The van der Waals surface area contributed by atoms with E-state index in [0.29, 0.717) is 23.9 Å². The maximum absolute atomic E-state index is 11.8. The van der Waals surface area contributed by atoms with Crippen LogP contribution < -0.4 is 24.8 Å². The fourth-order valence-corrected chi connectivity index (χ4v) is 2.31. The number of benzene rings is 2. The van der Waals surface area contributed by atoms with Crippen molar-refractivity contribution in [2.75, 3.05) is 39.2 Å². The summed E-state index contributed by atoms with van der Waals surface area (Å²) >= 11 is 6.03. The molecule has 0 aliphatic heterocycles. The first kappa shape index (κ1) is 18.7. The first-order valence-corrected chi connectivity index (χ1v) is 8.11. The van der Waals surface area contributed by atoms with Crippen molar-refractivity contribution in [2.24, 2.45) is 0 Å². The molecular formula is C18H21ClN2O4. The van der Waals surface area contributed by atoms with Crippen LogP contribution in [-0.2, 0) is 4.79 Å². The average molecular weight is 365 g/mol. The van der Waals surface area contributed by atoms with Gasteiger partial charge < -0.3 is 24.8 Å². The molecular weight excluding hydrogens is 344 g/mol. The van der Waals surface area contributed by atoms with Gasteiger partial charge in [-0.25, -0.2) is 0 Å². The second kappa shape index (κ2) is 9.64. The van der Waals surface area contributed by atoms with Gasteiger partial charge in [-0.05, 0) is 42.5 Å². The Labute approximate surface area is 152 Å². The Bertz CT molecular complexity index is 692. The topological polar surface area (TPSA) is 68.8 Å². The maximum Gasteiger partial charge on any atom is 0.239 e. The summed E-state index contributed by atoms with van der Waals surface area (Å²) in [5.41, 5.74) is 0.746. The van der Waals surface area contributed by atoms with Crippen molar-refractivity contribution in [3.05, 3.63) is 47.5 Å². The molecule has 0 unspecified atom stereocenters. The predicted molar refractivity (Wildman–Crippen MR) is 98.0 cm³/mol. The monoisotopic (exact) mass is 364 g/mol. The molecule has 0 bridgehead atoms. The molecule has 0 heterocycles. The number of carbonyl (C=O) groups is 1. The van der Waals surface area contributed by atoms with Crippen molar-refractivity contribution in [2.45, 2.75) is 0 Å². The van der Waals surface area contributed by atoms with Crippen molar-refractivity contribution in [3.63, 3.8) is 0 Å². The molecule has 7 heteroatoms. The van der Waals surface area contributed by atoms with E-state index in [0.717, 1.165) is 17.2 Å². The lowest BCUT2D eigenvalue weighted by Gasteiger charge is -2.10. The first-order valence-electron chi connectivity index (χ1n) is 7.73. The molecule has 0 fully saturated rings. The van der Waals surface area contributed by atoms with Gasteiger partial charge >= 0.3 is 0 Å². The van der Waals surface area contributed by atoms with E-state index >= 15 is 0 Å². The molecule has 0 radical (unpaired) electrons. The SMILES string of the molecule is COc1ccc(OCCNC(=O)CNc2ccc(OC)c(Cl)c2)cc1. The third kappa shape index (κ3) is 6.08. The zero-order valence-electron chi connectivity index (χ0n) is 14.2. The van der Waals surface area contributed by atoms with Crippen LogP contribution in [-0.4, -0.2) is 39.8 Å². The van der Waals surface area contributed by atoms with Crippen molar-refractivity contribution in [1.82, 2.24) is 5.32 Å². The van der Waals surface area contributed by atoms with E-state index in [2.05, 4.69) is 10.6 Å². The quantitative estimate of drug-likeness (QED) is 0.669. The van der Waals surface area contributed by atoms with Gasteiger partial charge in [-0.3, -0.25) is 4.79 Å². The molecule has 0 saturated carbocycles. The number of halogens is 1. The van der Waals surface area contributed by atoms with Crippen molar-refractivity contribution >= 4 is 23.2 Å². The Balaban J connectivity index is 1.66. The van der Waals surface area contributed by atoms with Crippen molar-refractivity contribution in [1.29, 1.82) is 0 Å². The van der Waals surface area contributed by atoms with E-state index in [1.165, 1.54) is 0 Å². The van der Waals surface area contributed by atoms with Gasteiger partial charge in [-0.2, -0.15) is 0 Å². The minimum absolute atomic E-state index is 0.134. The number of rotatable bonds is 9. The zero-order chi connectivity index (χ0) is 18.1. The van der Waals surface area contributed by atoms with Gasteiger partial charge in [-0.1, -0.05) is 11.6 Å². The summed E-state index contributed by atoms with van der Waals surface area (Å²) in [4.78, 5) is 11.8. The second-order valence-electron chi connectivity index (χ2n) is 5.08. The molecule has 0 aliphatic carbocycles. The van der Waals surface area contributed by atoms with Gasteiger partial charge in [0.05, 0.1) is 32.3 Å². The first-order chi connectivity index (χ1) is 12.1. The Hall–Kier alpha value is -2.60. The van der Waals surface area contributed by atoms with E-state index in [1.54, 1.807) is 32.4 Å². The van der Waals surface area contributed by atoms with E-state index in [1.807, 2.05) is 24.3 Å². The average Bonchev–Trinajstić information content (AvgIpc) is 2.64. The predicted octanol–water partition coefficient (Wildman–Crippen LogP) is 2.96. The normalized spacial score (nSPS) is 10.0. The van der Waals surface area contributed by atoms with Gasteiger partial charge in [0.25, 0.3) is 0 Å². The number of anilines is 1. The molecule has 0 saturated heterocycles. The zero-order valence-corrected chi connectivity index (χ0v) is 14.9. The molecule has 0 spiro atoms. The molecule has 2 rings (SSSR count). The Morgan fingerprint density at radius 3 is 2.40 bits per heavy atom. The van der Waals surface area contributed by atoms with Crippen LogP contribution in [0, 0.1) is 0 Å².